The third kappa shape index (κ3) is 4.88. The van der Waals surface area contributed by atoms with Gasteiger partial charge in [0.25, 0.3) is 5.91 Å². The van der Waals surface area contributed by atoms with E-state index in [2.05, 4.69) is 5.32 Å². The van der Waals surface area contributed by atoms with E-state index in [9.17, 15) is 19.2 Å². The number of amides is 3. The van der Waals surface area contributed by atoms with Gasteiger partial charge >= 0.3 is 5.97 Å². The molecule has 4 atom stereocenters. The monoisotopic (exact) mass is 504 g/mol. The maximum Gasteiger partial charge on any atom is 0.338 e. The molecule has 1 aliphatic heterocycles. The van der Waals surface area contributed by atoms with Gasteiger partial charge in [0.05, 0.1) is 41.0 Å². The molecule has 2 aromatic carbocycles. The summed E-state index contributed by atoms with van der Waals surface area (Å²) in [4.78, 5) is 51.3. The van der Waals surface area contributed by atoms with E-state index in [1.54, 1.807) is 24.3 Å². The van der Waals surface area contributed by atoms with Crippen molar-refractivity contribution in [3.05, 3.63) is 54.1 Å². The van der Waals surface area contributed by atoms with Crippen molar-refractivity contribution in [2.75, 3.05) is 23.9 Å². The third-order valence-electron chi connectivity index (χ3n) is 5.96. The number of benzene rings is 2. The molecule has 1 aliphatic carbocycles. The molecule has 8 nitrogen and oxygen atoms in total. The van der Waals surface area contributed by atoms with Crippen LogP contribution in [0, 0.1) is 11.8 Å². The van der Waals surface area contributed by atoms with E-state index >= 15 is 0 Å². The summed E-state index contributed by atoms with van der Waals surface area (Å²) in [6.45, 7) is -0.483. The van der Waals surface area contributed by atoms with Crippen LogP contribution in [-0.2, 0) is 19.1 Å². The summed E-state index contributed by atoms with van der Waals surface area (Å²) in [5.41, 5.74) is 1.04. The van der Waals surface area contributed by atoms with Gasteiger partial charge in [0.1, 0.15) is 5.75 Å². The van der Waals surface area contributed by atoms with E-state index in [1.807, 2.05) is 0 Å². The van der Waals surface area contributed by atoms with Gasteiger partial charge in [0.2, 0.25) is 11.8 Å². The van der Waals surface area contributed by atoms with Crippen molar-refractivity contribution in [3.8, 4) is 5.75 Å². The fourth-order valence-electron chi connectivity index (χ4n) is 4.21. The van der Waals surface area contributed by atoms with Crippen molar-refractivity contribution in [2.24, 2.45) is 11.8 Å². The second-order valence-electron chi connectivity index (χ2n) is 8.13. The van der Waals surface area contributed by atoms with Crippen LogP contribution in [0.4, 0.5) is 11.4 Å². The number of alkyl halides is 2. The lowest BCUT2D eigenvalue weighted by atomic mass is 9.80. The Balaban J connectivity index is 1.36. The van der Waals surface area contributed by atoms with Crippen LogP contribution >= 0.6 is 23.2 Å². The van der Waals surface area contributed by atoms with E-state index in [-0.39, 0.29) is 28.1 Å². The highest BCUT2D eigenvalue weighted by Crippen LogP contribution is 2.43. The Bertz CT molecular complexity index is 1090. The molecule has 2 fully saturated rings. The van der Waals surface area contributed by atoms with E-state index < -0.39 is 30.3 Å². The molecule has 2 aromatic rings. The minimum atomic E-state index is -0.713. The Labute approximate surface area is 206 Å². The van der Waals surface area contributed by atoms with E-state index in [4.69, 9.17) is 32.7 Å². The maximum absolute atomic E-state index is 12.8. The number of carbonyl (C=O) groups is 4. The van der Waals surface area contributed by atoms with Crippen molar-refractivity contribution in [3.63, 3.8) is 0 Å². The Kier molecular flexibility index (Phi) is 7.09. The topological polar surface area (TPSA) is 102 Å². The molecular weight excluding hydrogens is 483 g/mol. The van der Waals surface area contributed by atoms with Crippen molar-refractivity contribution in [1.29, 1.82) is 0 Å². The number of hydrogen-bond donors (Lipinski definition) is 1. The Hall–Kier alpha value is -3.10. The highest BCUT2D eigenvalue weighted by Gasteiger charge is 2.52. The number of carbonyl (C=O) groups excluding carboxylic acids is 4. The molecule has 1 heterocycles. The summed E-state index contributed by atoms with van der Waals surface area (Å²) in [6.07, 6.45) is 0.702. The second-order valence-corrected chi connectivity index (χ2v) is 9.25. The number of anilines is 2. The van der Waals surface area contributed by atoms with Crippen LogP contribution < -0.4 is 15.0 Å². The van der Waals surface area contributed by atoms with Gasteiger partial charge in [0, 0.05) is 11.8 Å². The third-order valence-corrected chi connectivity index (χ3v) is 7.05. The maximum atomic E-state index is 12.8. The minimum Gasteiger partial charge on any atom is -0.497 e. The van der Waals surface area contributed by atoms with Gasteiger partial charge in [-0.3, -0.25) is 19.3 Å². The van der Waals surface area contributed by atoms with Crippen molar-refractivity contribution < 1.29 is 28.7 Å². The van der Waals surface area contributed by atoms with Gasteiger partial charge in [0.15, 0.2) is 6.61 Å². The molecule has 2 aliphatic rings. The second kappa shape index (κ2) is 10.0. The molecule has 0 spiro atoms. The molecule has 34 heavy (non-hydrogen) atoms. The number of nitrogens with one attached hydrogen (secondary N) is 1. The summed E-state index contributed by atoms with van der Waals surface area (Å²) < 4.78 is 10.2. The Morgan fingerprint density at radius 2 is 1.62 bits per heavy atom. The van der Waals surface area contributed by atoms with Gasteiger partial charge in [-0.15, -0.1) is 23.2 Å². The van der Waals surface area contributed by atoms with Crippen LogP contribution in [0.15, 0.2) is 48.5 Å². The summed E-state index contributed by atoms with van der Waals surface area (Å²) in [5.74, 6) is -2.24. The zero-order valence-electron chi connectivity index (χ0n) is 18.2. The van der Waals surface area contributed by atoms with Gasteiger partial charge in [-0.2, -0.15) is 0 Å². The molecular formula is C24H22Cl2N2O6. The number of halogens is 2. The van der Waals surface area contributed by atoms with E-state index in [0.717, 1.165) is 4.90 Å². The number of fused-ring (bicyclic) bond motifs is 1. The lowest BCUT2D eigenvalue weighted by Gasteiger charge is -2.28. The number of esters is 1. The highest BCUT2D eigenvalue weighted by molar-refractivity contribution is 6.31. The van der Waals surface area contributed by atoms with Crippen molar-refractivity contribution in [2.45, 2.75) is 23.6 Å². The summed E-state index contributed by atoms with van der Waals surface area (Å²) in [5, 5.41) is 1.89. The number of hydrogen-bond acceptors (Lipinski definition) is 6. The Morgan fingerprint density at radius 1 is 1.00 bits per heavy atom. The molecule has 1 saturated heterocycles. The number of ether oxygens (including phenoxy) is 2. The quantitative estimate of drug-likeness (QED) is 0.366. The van der Waals surface area contributed by atoms with Gasteiger partial charge < -0.3 is 14.8 Å². The molecule has 0 aromatic heterocycles. The summed E-state index contributed by atoms with van der Waals surface area (Å²) in [6, 6.07) is 12.6. The van der Waals surface area contributed by atoms with Crippen molar-refractivity contribution >= 4 is 58.3 Å². The molecule has 0 bridgehead atoms. The van der Waals surface area contributed by atoms with Crippen molar-refractivity contribution in [1.82, 2.24) is 0 Å². The van der Waals surface area contributed by atoms with Crippen LogP contribution in [0.25, 0.3) is 0 Å². The van der Waals surface area contributed by atoms with Gasteiger partial charge in [-0.25, -0.2) is 4.79 Å². The number of methoxy groups -OCH3 is 1. The predicted molar refractivity (Wildman–Crippen MR) is 126 cm³/mol. The molecule has 1 saturated carbocycles. The van der Waals surface area contributed by atoms with Crippen LogP contribution in [0.1, 0.15) is 23.2 Å². The number of rotatable bonds is 6. The fourth-order valence-corrected chi connectivity index (χ4v) is 4.80. The predicted octanol–water partition coefficient (Wildman–Crippen LogP) is 3.60. The van der Waals surface area contributed by atoms with Crippen LogP contribution in [-0.4, -0.2) is 48.2 Å². The lowest BCUT2D eigenvalue weighted by molar-refractivity contribution is -0.122. The van der Waals surface area contributed by atoms with Crippen LogP contribution in [0.3, 0.4) is 0 Å². The fraction of sp³-hybridized carbons (Fsp3) is 0.333. The van der Waals surface area contributed by atoms with Gasteiger partial charge in [-0.05, 0) is 49.2 Å². The average molecular weight is 505 g/mol. The first-order valence-electron chi connectivity index (χ1n) is 10.7. The molecule has 4 rings (SSSR count). The number of imide groups is 1. The standard InChI is InChI=1S/C24H22Cl2N2O6/c1-33-16-4-2-3-14(9-16)27-21(29)12-34-24(32)13-5-7-15(8-6-13)28-22(30)17-10-19(25)20(26)11-18(17)23(28)31/h2-9,17-20H,10-12H2,1H3,(H,27,29)/t17-,18-,19-,20+/m1/s1. The zero-order chi connectivity index (χ0) is 24.4. The minimum absolute atomic E-state index is 0.177. The van der Waals surface area contributed by atoms with Crippen LogP contribution in [0.2, 0.25) is 0 Å². The number of nitrogens with zero attached hydrogens (tertiary/aromatic N) is 1. The Morgan fingerprint density at radius 3 is 2.21 bits per heavy atom. The largest absolute Gasteiger partial charge is 0.497 e. The molecule has 0 unspecified atom stereocenters. The first-order valence-corrected chi connectivity index (χ1v) is 11.5. The van der Waals surface area contributed by atoms with E-state index in [1.165, 1.54) is 31.4 Å². The molecule has 1 N–H and O–H groups in total. The van der Waals surface area contributed by atoms with Crippen LogP contribution in [0.5, 0.6) is 5.75 Å². The molecule has 178 valence electrons. The van der Waals surface area contributed by atoms with E-state index in [0.29, 0.717) is 30.0 Å². The first-order chi connectivity index (χ1) is 16.3. The zero-order valence-corrected chi connectivity index (χ0v) is 19.7. The molecule has 3 amide bonds. The first kappa shape index (κ1) is 24.0. The molecule has 10 heteroatoms. The molecule has 0 radical (unpaired) electrons. The summed E-state index contributed by atoms with van der Waals surface area (Å²) in [7, 11) is 1.51. The lowest BCUT2D eigenvalue weighted by Crippen LogP contribution is -2.34. The van der Waals surface area contributed by atoms with Gasteiger partial charge in [-0.1, -0.05) is 6.07 Å². The smallest absolute Gasteiger partial charge is 0.338 e. The normalized spacial score (nSPS) is 23.9. The highest BCUT2D eigenvalue weighted by atomic mass is 35.5. The average Bonchev–Trinajstić information content (AvgIpc) is 3.07. The summed E-state index contributed by atoms with van der Waals surface area (Å²) >= 11 is 12.4. The SMILES string of the molecule is COc1cccc(NC(=O)COC(=O)c2ccc(N3C(=O)[C@@H]4C[C@@H](Cl)[C@@H](Cl)C[C@H]4C3=O)cc2)c1.